The summed E-state index contributed by atoms with van der Waals surface area (Å²) in [5, 5.41) is 4.85. The van der Waals surface area contributed by atoms with Crippen LogP contribution < -0.4 is 0 Å². The van der Waals surface area contributed by atoms with E-state index in [1.54, 1.807) is 0 Å². The molecule has 14 aromatic rings. The fraction of sp³-hybridized carbons (Fsp3) is 0. The van der Waals surface area contributed by atoms with E-state index in [-0.39, 0.29) is 0 Å². The molecule has 0 atom stereocenters. The smallest absolute Gasteiger partial charge is 0.164 e. The quantitative estimate of drug-likeness (QED) is 0.145. The molecule has 0 fully saturated rings. The normalized spacial score (nSPS) is 11.5. The van der Waals surface area contributed by atoms with Crippen LogP contribution in [0.1, 0.15) is 0 Å². The number of aromatic nitrogens is 5. The van der Waals surface area contributed by atoms with Gasteiger partial charge in [-0.25, -0.2) is 15.0 Å². The SMILES string of the molecule is c1ccc(-c2cccc(-c3ccc(-c4ccc(-c5nc(-c6ccccc6)nc(-c6cccc(-n7c8ccccc8c8ccccc87)c6)n5)cc4)c(-n4c5ccccc5c5cc(-c6ccccc6)ccc54)c3)c2)cc1. The van der Waals surface area contributed by atoms with Crippen LogP contribution in [0.2, 0.25) is 0 Å². The summed E-state index contributed by atoms with van der Waals surface area (Å²) in [6.07, 6.45) is 0. The third kappa shape index (κ3) is 7.54. The first-order valence-corrected chi connectivity index (χ1v) is 25.1. The minimum atomic E-state index is 0.605. The molecule has 0 spiro atoms. The Balaban J connectivity index is 0.909. The summed E-state index contributed by atoms with van der Waals surface area (Å²) >= 11 is 0. The van der Waals surface area contributed by atoms with Gasteiger partial charge in [-0.2, -0.15) is 0 Å². The maximum atomic E-state index is 5.24. The zero-order valence-electron chi connectivity index (χ0n) is 40.2. The lowest BCUT2D eigenvalue weighted by Crippen LogP contribution is -2.01. The summed E-state index contributed by atoms with van der Waals surface area (Å²) in [5.74, 6) is 1.83. The van der Waals surface area contributed by atoms with E-state index in [0.29, 0.717) is 17.5 Å². The van der Waals surface area contributed by atoms with Crippen molar-refractivity contribution in [3.8, 4) is 90.0 Å². The van der Waals surface area contributed by atoms with E-state index in [4.69, 9.17) is 15.0 Å². The molecule has 5 nitrogen and oxygen atoms in total. The molecule has 14 rings (SSSR count). The Hall–Kier alpha value is -9.97. The van der Waals surface area contributed by atoms with Crippen molar-refractivity contribution in [3.63, 3.8) is 0 Å². The number of hydrogen-bond acceptors (Lipinski definition) is 3. The Morgan fingerprint density at radius 2 is 0.608 bits per heavy atom. The van der Waals surface area contributed by atoms with Crippen molar-refractivity contribution < 1.29 is 0 Å². The molecule has 0 aliphatic carbocycles. The molecule has 74 heavy (non-hydrogen) atoms. The molecule has 3 aromatic heterocycles. The van der Waals surface area contributed by atoms with E-state index in [1.165, 1.54) is 43.8 Å². The summed E-state index contributed by atoms with van der Waals surface area (Å²) in [6, 6.07) is 97.3. The molecule has 11 aromatic carbocycles. The van der Waals surface area contributed by atoms with Gasteiger partial charge in [-0.15, -0.1) is 0 Å². The highest BCUT2D eigenvalue weighted by Gasteiger charge is 2.20. The van der Waals surface area contributed by atoms with Crippen molar-refractivity contribution in [2.45, 2.75) is 0 Å². The van der Waals surface area contributed by atoms with Crippen LogP contribution in [-0.2, 0) is 0 Å². The van der Waals surface area contributed by atoms with Crippen molar-refractivity contribution >= 4 is 43.6 Å². The maximum Gasteiger partial charge on any atom is 0.164 e. The molecule has 0 saturated heterocycles. The first-order valence-electron chi connectivity index (χ1n) is 25.1. The van der Waals surface area contributed by atoms with Crippen LogP contribution >= 0.6 is 0 Å². The number of benzene rings is 11. The molecule has 0 unspecified atom stereocenters. The summed E-state index contributed by atoms with van der Waals surface area (Å²) in [4.78, 5) is 15.5. The third-order valence-electron chi connectivity index (χ3n) is 14.4. The lowest BCUT2D eigenvalue weighted by Gasteiger charge is -2.17. The maximum absolute atomic E-state index is 5.24. The van der Waals surface area contributed by atoms with Crippen LogP contribution in [0.4, 0.5) is 0 Å². The average molecular weight is 944 g/mol. The second-order valence-corrected chi connectivity index (χ2v) is 18.8. The first kappa shape index (κ1) is 42.9. The largest absolute Gasteiger partial charge is 0.309 e. The molecule has 3 heterocycles. The molecular weight excluding hydrogens is 899 g/mol. The Labute approximate surface area is 428 Å². The molecule has 0 radical (unpaired) electrons. The van der Waals surface area contributed by atoms with E-state index in [1.807, 2.05) is 18.2 Å². The molecule has 0 amide bonds. The fourth-order valence-corrected chi connectivity index (χ4v) is 10.8. The highest BCUT2D eigenvalue weighted by molar-refractivity contribution is 6.11. The van der Waals surface area contributed by atoms with Crippen molar-refractivity contribution in [1.29, 1.82) is 0 Å². The second kappa shape index (κ2) is 18.0. The van der Waals surface area contributed by atoms with E-state index in [9.17, 15) is 0 Å². The molecule has 0 aliphatic heterocycles. The fourth-order valence-electron chi connectivity index (χ4n) is 10.8. The summed E-state index contributed by atoms with van der Waals surface area (Å²) in [7, 11) is 0. The topological polar surface area (TPSA) is 48.5 Å². The van der Waals surface area contributed by atoms with Gasteiger partial charge in [0.1, 0.15) is 0 Å². The van der Waals surface area contributed by atoms with Gasteiger partial charge in [0.2, 0.25) is 0 Å². The van der Waals surface area contributed by atoms with E-state index in [2.05, 4.69) is 264 Å². The standard InChI is InChI=1S/C69H45N5/c1-4-18-46(19-5-1)51-24-16-25-52(42-51)54-38-40-57(66(45-54)74-64-33-15-12-30-60(64)61-44-53(39-41-65(61)74)47-20-6-2-7-21-47)48-34-36-50(37-35-48)68-70-67(49-22-8-3-9-23-49)71-69(72-68)55-26-17-27-56(43-55)73-62-31-13-10-28-58(62)59-29-11-14-32-63(59)73/h1-45H. The minimum Gasteiger partial charge on any atom is -0.309 e. The average Bonchev–Trinajstić information content (AvgIpc) is 4.02. The van der Waals surface area contributed by atoms with Crippen molar-refractivity contribution in [2.24, 2.45) is 0 Å². The van der Waals surface area contributed by atoms with E-state index >= 15 is 0 Å². The van der Waals surface area contributed by atoms with E-state index in [0.717, 1.165) is 72.4 Å². The minimum absolute atomic E-state index is 0.605. The van der Waals surface area contributed by atoms with Gasteiger partial charge in [0.15, 0.2) is 17.5 Å². The highest BCUT2D eigenvalue weighted by Crippen LogP contribution is 2.41. The highest BCUT2D eigenvalue weighted by atomic mass is 15.0. The number of nitrogens with zero attached hydrogens (tertiary/aromatic N) is 5. The van der Waals surface area contributed by atoms with Crippen LogP contribution in [-0.4, -0.2) is 24.1 Å². The Morgan fingerprint density at radius 1 is 0.216 bits per heavy atom. The monoisotopic (exact) mass is 943 g/mol. The predicted octanol–water partition coefficient (Wildman–Crippen LogP) is 17.7. The van der Waals surface area contributed by atoms with Gasteiger partial charge in [-0.05, 0) is 93.5 Å². The van der Waals surface area contributed by atoms with Crippen molar-refractivity contribution in [1.82, 2.24) is 24.1 Å². The predicted molar refractivity (Wildman–Crippen MR) is 307 cm³/mol. The Kier molecular flexibility index (Phi) is 10.4. The number of hydrogen-bond donors (Lipinski definition) is 0. The zero-order valence-corrected chi connectivity index (χ0v) is 40.2. The Bertz CT molecular complexity index is 4350. The first-order chi connectivity index (χ1) is 36.7. The molecule has 0 aliphatic rings. The van der Waals surface area contributed by atoms with Crippen LogP contribution in [0.25, 0.3) is 134 Å². The number of fused-ring (bicyclic) bond motifs is 6. The molecule has 5 heteroatoms. The van der Waals surface area contributed by atoms with Gasteiger partial charge in [-0.3, -0.25) is 0 Å². The van der Waals surface area contributed by atoms with Gasteiger partial charge < -0.3 is 9.13 Å². The molecule has 0 bridgehead atoms. The Morgan fingerprint density at radius 3 is 1.23 bits per heavy atom. The van der Waals surface area contributed by atoms with Crippen LogP contribution in [0.3, 0.4) is 0 Å². The lowest BCUT2D eigenvalue weighted by molar-refractivity contribution is 1.07. The number of para-hydroxylation sites is 3. The molecular formula is C69H45N5. The number of rotatable bonds is 9. The van der Waals surface area contributed by atoms with Crippen LogP contribution in [0.5, 0.6) is 0 Å². The van der Waals surface area contributed by atoms with Crippen LogP contribution in [0, 0.1) is 0 Å². The van der Waals surface area contributed by atoms with Crippen LogP contribution in [0.15, 0.2) is 273 Å². The molecule has 0 saturated carbocycles. The molecule has 346 valence electrons. The van der Waals surface area contributed by atoms with Crippen molar-refractivity contribution in [3.05, 3.63) is 273 Å². The summed E-state index contributed by atoms with van der Waals surface area (Å²) in [5.41, 5.74) is 18.7. The van der Waals surface area contributed by atoms with Gasteiger partial charge in [-0.1, -0.05) is 218 Å². The summed E-state index contributed by atoms with van der Waals surface area (Å²) < 4.78 is 4.78. The lowest BCUT2D eigenvalue weighted by atomic mass is 9.95. The van der Waals surface area contributed by atoms with Crippen molar-refractivity contribution in [2.75, 3.05) is 0 Å². The molecule has 0 N–H and O–H groups in total. The zero-order chi connectivity index (χ0) is 49.0. The second-order valence-electron chi connectivity index (χ2n) is 18.8. The van der Waals surface area contributed by atoms with Gasteiger partial charge in [0.05, 0.1) is 27.8 Å². The van der Waals surface area contributed by atoms with E-state index < -0.39 is 0 Å². The van der Waals surface area contributed by atoms with Gasteiger partial charge in [0.25, 0.3) is 0 Å². The third-order valence-corrected chi connectivity index (χ3v) is 14.4. The van der Waals surface area contributed by atoms with Gasteiger partial charge in [0, 0.05) is 49.5 Å². The summed E-state index contributed by atoms with van der Waals surface area (Å²) in [6.45, 7) is 0. The van der Waals surface area contributed by atoms with Gasteiger partial charge >= 0.3 is 0 Å².